The lowest BCUT2D eigenvalue weighted by atomic mass is 10.1. The first-order valence-corrected chi connectivity index (χ1v) is 6.82. The van der Waals surface area contributed by atoms with E-state index < -0.39 is 0 Å². The van der Waals surface area contributed by atoms with Gasteiger partial charge in [-0.15, -0.1) is 0 Å². The van der Waals surface area contributed by atoms with Crippen molar-refractivity contribution in [1.29, 1.82) is 0 Å². The Labute approximate surface area is 109 Å². The molecule has 0 spiro atoms. The van der Waals surface area contributed by atoms with Gasteiger partial charge < -0.3 is 14.5 Å². The van der Waals surface area contributed by atoms with Gasteiger partial charge in [0.25, 0.3) is 0 Å². The van der Waals surface area contributed by atoms with E-state index in [9.17, 15) is 0 Å². The van der Waals surface area contributed by atoms with E-state index in [2.05, 4.69) is 24.1 Å². The van der Waals surface area contributed by atoms with Crippen molar-refractivity contribution in [2.45, 2.75) is 32.4 Å². The molecular formula is C14H24N2O2. The average Bonchev–Trinajstić information content (AvgIpc) is 2.82. The number of hydrogen-bond acceptors (Lipinski definition) is 4. The molecule has 1 aliphatic rings. The Morgan fingerprint density at radius 1 is 1.28 bits per heavy atom. The van der Waals surface area contributed by atoms with Crippen LogP contribution in [0.2, 0.25) is 0 Å². The summed E-state index contributed by atoms with van der Waals surface area (Å²) >= 11 is 0. The quantitative estimate of drug-likeness (QED) is 0.833. The Hall–Kier alpha value is -0.840. The number of ether oxygens (including phenoxy) is 1. The maximum Gasteiger partial charge on any atom is 0.105 e. The molecule has 0 bridgehead atoms. The Morgan fingerprint density at radius 3 is 2.72 bits per heavy atom. The molecule has 2 rings (SSSR count). The normalized spacial score (nSPS) is 20.8. The first-order chi connectivity index (χ1) is 8.74. The molecule has 2 unspecified atom stereocenters. The number of morpholine rings is 1. The van der Waals surface area contributed by atoms with Gasteiger partial charge in [0.2, 0.25) is 0 Å². The largest absolute Gasteiger partial charge is 0.469 e. The predicted octanol–water partition coefficient (Wildman–Crippen LogP) is 1.52. The molecule has 1 saturated heterocycles. The van der Waals surface area contributed by atoms with Gasteiger partial charge >= 0.3 is 0 Å². The van der Waals surface area contributed by atoms with Gasteiger partial charge in [0, 0.05) is 38.1 Å². The Balaban J connectivity index is 1.67. The number of nitrogens with one attached hydrogen (secondary N) is 1. The van der Waals surface area contributed by atoms with Crippen molar-refractivity contribution in [1.82, 2.24) is 10.2 Å². The van der Waals surface area contributed by atoms with E-state index in [-0.39, 0.29) is 0 Å². The smallest absolute Gasteiger partial charge is 0.105 e. The fraction of sp³-hybridized carbons (Fsp3) is 0.714. The minimum absolute atomic E-state index is 0.437. The third kappa shape index (κ3) is 4.44. The molecule has 0 saturated carbocycles. The summed E-state index contributed by atoms with van der Waals surface area (Å²) in [4.78, 5) is 2.46. The van der Waals surface area contributed by atoms with Gasteiger partial charge in [-0.05, 0) is 26.0 Å². The molecule has 1 fully saturated rings. The van der Waals surface area contributed by atoms with Crippen LogP contribution >= 0.6 is 0 Å². The van der Waals surface area contributed by atoms with Crippen LogP contribution in [-0.4, -0.2) is 49.8 Å². The highest BCUT2D eigenvalue weighted by Gasteiger charge is 2.15. The van der Waals surface area contributed by atoms with Gasteiger partial charge in [0.05, 0.1) is 19.5 Å². The summed E-state index contributed by atoms with van der Waals surface area (Å²) in [6, 6.07) is 4.91. The van der Waals surface area contributed by atoms with Crippen LogP contribution in [0.15, 0.2) is 22.8 Å². The van der Waals surface area contributed by atoms with Crippen LogP contribution in [0.5, 0.6) is 0 Å². The molecule has 18 heavy (non-hydrogen) atoms. The molecule has 1 aromatic heterocycles. The summed E-state index contributed by atoms with van der Waals surface area (Å²) < 4.78 is 10.7. The summed E-state index contributed by atoms with van der Waals surface area (Å²) in [6.07, 6.45) is 2.68. The molecule has 1 aliphatic heterocycles. The molecule has 4 heteroatoms. The highest BCUT2D eigenvalue weighted by Crippen LogP contribution is 2.05. The minimum atomic E-state index is 0.437. The summed E-state index contributed by atoms with van der Waals surface area (Å²) in [6.45, 7) is 9.39. The zero-order valence-corrected chi connectivity index (χ0v) is 11.4. The summed E-state index contributed by atoms with van der Waals surface area (Å²) in [5, 5.41) is 3.62. The number of hydrogen-bond donors (Lipinski definition) is 1. The standard InChI is InChI=1S/C14H24N2O2/c1-12(10-14-4-3-7-18-14)15-13(2)11-16-5-8-17-9-6-16/h3-4,7,12-13,15H,5-6,8-11H2,1-2H3. The van der Waals surface area contributed by atoms with Crippen LogP contribution in [-0.2, 0) is 11.2 Å². The van der Waals surface area contributed by atoms with E-state index in [0.29, 0.717) is 12.1 Å². The van der Waals surface area contributed by atoms with Crippen LogP contribution in [0, 0.1) is 0 Å². The molecule has 4 nitrogen and oxygen atoms in total. The Morgan fingerprint density at radius 2 is 2.06 bits per heavy atom. The molecule has 0 aromatic carbocycles. The van der Waals surface area contributed by atoms with Gasteiger partial charge in [-0.3, -0.25) is 4.90 Å². The Kier molecular flexibility index (Phi) is 5.23. The van der Waals surface area contributed by atoms with E-state index in [1.54, 1.807) is 6.26 Å². The van der Waals surface area contributed by atoms with E-state index in [0.717, 1.165) is 45.0 Å². The van der Waals surface area contributed by atoms with Crippen molar-refractivity contribution in [3.05, 3.63) is 24.2 Å². The first kappa shape index (κ1) is 13.6. The molecule has 102 valence electrons. The predicted molar refractivity (Wildman–Crippen MR) is 71.7 cm³/mol. The van der Waals surface area contributed by atoms with Crippen molar-refractivity contribution in [2.75, 3.05) is 32.8 Å². The topological polar surface area (TPSA) is 37.6 Å². The van der Waals surface area contributed by atoms with Gasteiger partial charge in [-0.25, -0.2) is 0 Å². The van der Waals surface area contributed by atoms with Crippen LogP contribution in [0.1, 0.15) is 19.6 Å². The lowest BCUT2D eigenvalue weighted by Gasteiger charge is -2.30. The zero-order valence-electron chi connectivity index (χ0n) is 11.4. The fourth-order valence-corrected chi connectivity index (χ4v) is 2.50. The van der Waals surface area contributed by atoms with Crippen LogP contribution in [0.25, 0.3) is 0 Å². The summed E-state index contributed by atoms with van der Waals surface area (Å²) in [5.41, 5.74) is 0. The van der Waals surface area contributed by atoms with E-state index in [1.807, 2.05) is 12.1 Å². The minimum Gasteiger partial charge on any atom is -0.469 e. The molecule has 2 atom stereocenters. The average molecular weight is 252 g/mol. The zero-order chi connectivity index (χ0) is 12.8. The fourth-order valence-electron chi connectivity index (χ4n) is 2.50. The van der Waals surface area contributed by atoms with Gasteiger partial charge in [-0.1, -0.05) is 0 Å². The van der Waals surface area contributed by atoms with Crippen molar-refractivity contribution in [3.8, 4) is 0 Å². The third-order valence-corrected chi connectivity index (χ3v) is 3.29. The molecule has 1 N–H and O–H groups in total. The van der Waals surface area contributed by atoms with Crippen molar-refractivity contribution in [3.63, 3.8) is 0 Å². The van der Waals surface area contributed by atoms with Gasteiger partial charge in [-0.2, -0.15) is 0 Å². The lowest BCUT2D eigenvalue weighted by Crippen LogP contribution is -2.47. The number of rotatable bonds is 6. The second-order valence-corrected chi connectivity index (χ2v) is 5.17. The van der Waals surface area contributed by atoms with Crippen LogP contribution in [0.4, 0.5) is 0 Å². The second-order valence-electron chi connectivity index (χ2n) is 5.17. The van der Waals surface area contributed by atoms with Gasteiger partial charge in [0.1, 0.15) is 5.76 Å². The van der Waals surface area contributed by atoms with Crippen LogP contribution in [0.3, 0.4) is 0 Å². The lowest BCUT2D eigenvalue weighted by molar-refractivity contribution is 0.0339. The summed E-state index contributed by atoms with van der Waals surface area (Å²) in [5.74, 6) is 1.05. The number of nitrogens with zero attached hydrogens (tertiary/aromatic N) is 1. The van der Waals surface area contributed by atoms with E-state index in [4.69, 9.17) is 9.15 Å². The molecular weight excluding hydrogens is 228 g/mol. The monoisotopic (exact) mass is 252 g/mol. The number of furan rings is 1. The first-order valence-electron chi connectivity index (χ1n) is 6.82. The van der Waals surface area contributed by atoms with Crippen LogP contribution < -0.4 is 5.32 Å². The highest BCUT2D eigenvalue weighted by molar-refractivity contribution is 5.00. The maximum absolute atomic E-state index is 5.37. The summed E-state index contributed by atoms with van der Waals surface area (Å²) in [7, 11) is 0. The third-order valence-electron chi connectivity index (χ3n) is 3.29. The Bertz CT molecular complexity index is 321. The van der Waals surface area contributed by atoms with Crippen molar-refractivity contribution >= 4 is 0 Å². The van der Waals surface area contributed by atoms with Crippen molar-refractivity contribution in [2.24, 2.45) is 0 Å². The molecule has 0 radical (unpaired) electrons. The van der Waals surface area contributed by atoms with Gasteiger partial charge in [0.15, 0.2) is 0 Å². The SMILES string of the molecule is CC(Cc1ccco1)NC(C)CN1CCOCC1. The second kappa shape index (κ2) is 6.92. The van der Waals surface area contributed by atoms with E-state index >= 15 is 0 Å². The molecule has 0 amide bonds. The highest BCUT2D eigenvalue weighted by atomic mass is 16.5. The van der Waals surface area contributed by atoms with Crippen molar-refractivity contribution < 1.29 is 9.15 Å². The van der Waals surface area contributed by atoms with E-state index in [1.165, 1.54) is 0 Å². The maximum atomic E-state index is 5.37. The molecule has 2 heterocycles. The molecule has 0 aliphatic carbocycles. The molecule has 1 aromatic rings.